The molecule has 0 bridgehead atoms. The lowest BCUT2D eigenvalue weighted by Crippen LogP contribution is -2.30. The van der Waals surface area contributed by atoms with Crippen LogP contribution in [0, 0.1) is 0 Å². The molecule has 35 heavy (non-hydrogen) atoms. The Labute approximate surface area is 219 Å². The molecule has 0 aliphatic rings. The van der Waals surface area contributed by atoms with Crippen LogP contribution in [0.25, 0.3) is 0 Å². The third-order valence-corrected chi connectivity index (χ3v) is 5.86. The molecule has 3 rings (SSSR count). The van der Waals surface area contributed by atoms with E-state index in [9.17, 15) is 9.59 Å². The van der Waals surface area contributed by atoms with Gasteiger partial charge in [-0.2, -0.15) is 0 Å². The van der Waals surface area contributed by atoms with Gasteiger partial charge in [-0.05, 0) is 66.9 Å². The van der Waals surface area contributed by atoms with Crippen molar-refractivity contribution in [2.75, 3.05) is 17.2 Å². The number of para-hydroxylation sites is 1. The van der Waals surface area contributed by atoms with E-state index >= 15 is 0 Å². The van der Waals surface area contributed by atoms with Crippen molar-refractivity contribution < 1.29 is 19.1 Å². The fourth-order valence-corrected chi connectivity index (χ4v) is 3.76. The maximum Gasteiger partial charge on any atom is 0.265 e. The van der Waals surface area contributed by atoms with Crippen LogP contribution in [0.15, 0.2) is 71.2 Å². The first-order valence-corrected chi connectivity index (χ1v) is 12.2. The molecule has 6 nitrogen and oxygen atoms in total. The fraction of sp³-hybridized carbons (Fsp3) is 0.259. The molecule has 0 aromatic heterocycles. The summed E-state index contributed by atoms with van der Waals surface area (Å²) in [6.07, 6.45) is -0.747. The lowest BCUT2D eigenvalue weighted by molar-refractivity contribution is -0.122. The maximum absolute atomic E-state index is 12.5. The van der Waals surface area contributed by atoms with Gasteiger partial charge in [0, 0.05) is 21.4 Å². The lowest BCUT2D eigenvalue weighted by Gasteiger charge is -2.23. The Bertz CT molecular complexity index is 1190. The SMILES string of the molecule is CC(Oc1ccccc1Cl)C(=O)Nc1ccc(NC(=O)COc2ccc(Br)cc2C(C)(C)C)cc1. The first-order chi connectivity index (χ1) is 16.5. The number of hydrogen-bond donors (Lipinski definition) is 2. The Morgan fingerprint density at radius 3 is 2.20 bits per heavy atom. The van der Waals surface area contributed by atoms with Crippen LogP contribution >= 0.6 is 27.5 Å². The number of carbonyl (C=O) groups excluding carboxylic acids is 2. The van der Waals surface area contributed by atoms with Crippen LogP contribution in [0.3, 0.4) is 0 Å². The number of amides is 2. The molecular weight excluding hydrogens is 532 g/mol. The summed E-state index contributed by atoms with van der Waals surface area (Å²) in [7, 11) is 0. The van der Waals surface area contributed by atoms with Crippen LogP contribution in [0.4, 0.5) is 11.4 Å². The highest BCUT2D eigenvalue weighted by molar-refractivity contribution is 9.10. The molecule has 3 aromatic rings. The summed E-state index contributed by atoms with van der Waals surface area (Å²) in [5.74, 6) is 0.502. The number of hydrogen-bond acceptors (Lipinski definition) is 4. The summed E-state index contributed by atoms with van der Waals surface area (Å²) < 4.78 is 12.4. The molecule has 1 atom stereocenters. The Morgan fingerprint density at radius 2 is 1.57 bits per heavy atom. The van der Waals surface area contributed by atoms with Gasteiger partial charge in [0.25, 0.3) is 11.8 Å². The van der Waals surface area contributed by atoms with Crippen molar-refractivity contribution in [3.8, 4) is 11.5 Å². The summed E-state index contributed by atoms with van der Waals surface area (Å²) in [5.41, 5.74) is 2.03. The zero-order valence-corrected chi connectivity index (χ0v) is 22.4. The molecule has 0 spiro atoms. The number of carbonyl (C=O) groups is 2. The molecule has 0 saturated heterocycles. The predicted octanol–water partition coefficient (Wildman–Crippen LogP) is 6.82. The summed E-state index contributed by atoms with van der Waals surface area (Å²) in [4.78, 5) is 24.9. The summed E-state index contributed by atoms with van der Waals surface area (Å²) in [6, 6.07) is 19.5. The van der Waals surface area contributed by atoms with E-state index in [1.54, 1.807) is 55.5 Å². The van der Waals surface area contributed by atoms with Gasteiger partial charge >= 0.3 is 0 Å². The second kappa shape index (κ2) is 11.6. The van der Waals surface area contributed by atoms with E-state index < -0.39 is 6.10 Å². The van der Waals surface area contributed by atoms with E-state index in [1.807, 2.05) is 18.2 Å². The van der Waals surface area contributed by atoms with Gasteiger partial charge in [-0.25, -0.2) is 0 Å². The minimum absolute atomic E-state index is 0.125. The van der Waals surface area contributed by atoms with Gasteiger partial charge in [0.05, 0.1) is 5.02 Å². The molecule has 1 unspecified atom stereocenters. The van der Waals surface area contributed by atoms with Gasteiger partial charge < -0.3 is 20.1 Å². The van der Waals surface area contributed by atoms with Crippen LogP contribution < -0.4 is 20.1 Å². The normalized spacial score (nSPS) is 11.9. The highest BCUT2D eigenvalue weighted by atomic mass is 79.9. The molecule has 0 radical (unpaired) electrons. The van der Waals surface area contributed by atoms with Gasteiger partial charge in [-0.3, -0.25) is 9.59 Å². The molecule has 8 heteroatoms. The molecule has 0 fully saturated rings. The zero-order chi connectivity index (χ0) is 25.6. The van der Waals surface area contributed by atoms with Gasteiger partial charge in [0.2, 0.25) is 0 Å². The number of nitrogens with one attached hydrogen (secondary N) is 2. The van der Waals surface area contributed by atoms with Crippen molar-refractivity contribution in [3.05, 3.63) is 81.8 Å². The van der Waals surface area contributed by atoms with E-state index in [0.29, 0.717) is 27.9 Å². The lowest BCUT2D eigenvalue weighted by atomic mass is 9.86. The minimum Gasteiger partial charge on any atom is -0.483 e. The molecule has 3 aromatic carbocycles. The fourth-order valence-electron chi connectivity index (χ4n) is 3.22. The number of rotatable bonds is 8. The minimum atomic E-state index is -0.747. The average molecular weight is 560 g/mol. The highest BCUT2D eigenvalue weighted by Crippen LogP contribution is 2.33. The topological polar surface area (TPSA) is 76.7 Å². The van der Waals surface area contributed by atoms with E-state index in [-0.39, 0.29) is 23.8 Å². The summed E-state index contributed by atoms with van der Waals surface area (Å²) in [5, 5.41) is 6.02. The Balaban J connectivity index is 1.53. The number of benzene rings is 3. The quantitative estimate of drug-likeness (QED) is 0.317. The van der Waals surface area contributed by atoms with Crippen LogP contribution in [0.5, 0.6) is 11.5 Å². The van der Waals surface area contributed by atoms with Gasteiger partial charge in [0.15, 0.2) is 12.7 Å². The largest absolute Gasteiger partial charge is 0.483 e. The van der Waals surface area contributed by atoms with Crippen LogP contribution in [-0.2, 0) is 15.0 Å². The molecule has 2 N–H and O–H groups in total. The Kier molecular flexibility index (Phi) is 8.81. The second-order valence-electron chi connectivity index (χ2n) is 8.98. The zero-order valence-electron chi connectivity index (χ0n) is 20.0. The number of ether oxygens (including phenoxy) is 2. The van der Waals surface area contributed by atoms with Crippen molar-refractivity contribution in [3.63, 3.8) is 0 Å². The Morgan fingerprint density at radius 1 is 0.943 bits per heavy atom. The molecule has 0 aliphatic heterocycles. The van der Waals surface area contributed by atoms with Crippen LogP contribution in [0.1, 0.15) is 33.3 Å². The van der Waals surface area contributed by atoms with Crippen molar-refractivity contribution in [2.24, 2.45) is 0 Å². The third kappa shape index (κ3) is 7.73. The predicted molar refractivity (Wildman–Crippen MR) is 144 cm³/mol. The first-order valence-electron chi connectivity index (χ1n) is 11.1. The van der Waals surface area contributed by atoms with E-state index in [1.165, 1.54) is 0 Å². The van der Waals surface area contributed by atoms with Gasteiger partial charge in [0.1, 0.15) is 11.5 Å². The summed E-state index contributed by atoms with van der Waals surface area (Å²) >= 11 is 9.57. The van der Waals surface area contributed by atoms with E-state index in [0.717, 1.165) is 10.0 Å². The molecule has 0 aliphatic carbocycles. The van der Waals surface area contributed by atoms with Gasteiger partial charge in [-0.1, -0.05) is 60.4 Å². The van der Waals surface area contributed by atoms with E-state index in [2.05, 4.69) is 47.3 Å². The maximum atomic E-state index is 12.5. The standard InChI is InChI=1S/C27H28BrClN2O4/c1-17(35-24-8-6-5-7-22(24)29)26(33)31-20-12-10-19(11-13-20)30-25(32)16-34-23-14-9-18(28)15-21(23)27(2,3)4/h5-15,17H,16H2,1-4H3,(H,30,32)(H,31,33). The van der Waals surface area contributed by atoms with Crippen LogP contribution in [0.2, 0.25) is 5.02 Å². The van der Waals surface area contributed by atoms with Crippen molar-refractivity contribution in [2.45, 2.75) is 39.2 Å². The molecule has 2 amide bonds. The number of halogens is 2. The second-order valence-corrected chi connectivity index (χ2v) is 10.3. The smallest absolute Gasteiger partial charge is 0.265 e. The third-order valence-electron chi connectivity index (χ3n) is 5.05. The van der Waals surface area contributed by atoms with Crippen molar-refractivity contribution in [1.82, 2.24) is 0 Å². The molecule has 0 heterocycles. The summed E-state index contributed by atoms with van der Waals surface area (Å²) in [6.45, 7) is 7.78. The van der Waals surface area contributed by atoms with Crippen LogP contribution in [-0.4, -0.2) is 24.5 Å². The highest BCUT2D eigenvalue weighted by Gasteiger charge is 2.20. The van der Waals surface area contributed by atoms with E-state index in [4.69, 9.17) is 21.1 Å². The van der Waals surface area contributed by atoms with Crippen molar-refractivity contribution in [1.29, 1.82) is 0 Å². The first kappa shape index (κ1) is 26.6. The molecular formula is C27H28BrClN2O4. The van der Waals surface area contributed by atoms with Gasteiger partial charge in [-0.15, -0.1) is 0 Å². The molecule has 0 saturated carbocycles. The number of anilines is 2. The Hall–Kier alpha value is -3.03. The average Bonchev–Trinajstić information content (AvgIpc) is 2.80. The molecule has 184 valence electrons. The van der Waals surface area contributed by atoms with Crippen molar-refractivity contribution >= 4 is 50.7 Å². The monoisotopic (exact) mass is 558 g/mol.